The molecule has 9 nitrogen and oxygen atoms in total. The molecule has 1 aromatic heterocycles. The maximum Gasteiger partial charge on any atom is 0.330 e. The summed E-state index contributed by atoms with van der Waals surface area (Å²) in [7, 11) is 0. The lowest BCUT2D eigenvalue weighted by atomic mass is 9.78. The van der Waals surface area contributed by atoms with Gasteiger partial charge in [-0.3, -0.25) is 24.7 Å². The van der Waals surface area contributed by atoms with Gasteiger partial charge >= 0.3 is 11.9 Å². The first-order chi connectivity index (χ1) is 11.8. The summed E-state index contributed by atoms with van der Waals surface area (Å²) < 4.78 is 9.96. The van der Waals surface area contributed by atoms with Crippen molar-refractivity contribution in [1.82, 2.24) is 4.98 Å². The van der Waals surface area contributed by atoms with Crippen molar-refractivity contribution < 1.29 is 24.0 Å². The number of aryl methyl sites for hydroxylation is 1. The Morgan fingerprint density at radius 1 is 1.32 bits per heavy atom. The molecule has 1 aromatic rings. The fourth-order valence-electron chi connectivity index (χ4n) is 2.37. The summed E-state index contributed by atoms with van der Waals surface area (Å²) in [4.78, 5) is 40.0. The summed E-state index contributed by atoms with van der Waals surface area (Å²) >= 11 is 0. The van der Waals surface area contributed by atoms with E-state index in [-0.39, 0.29) is 31.7 Å². The molecule has 1 rings (SSSR count). The molecule has 0 spiro atoms. The predicted molar refractivity (Wildman–Crippen MR) is 85.4 cm³/mol. The van der Waals surface area contributed by atoms with E-state index in [9.17, 15) is 19.7 Å². The van der Waals surface area contributed by atoms with Crippen LogP contribution in [0, 0.1) is 28.4 Å². The second-order valence-corrected chi connectivity index (χ2v) is 5.14. The van der Waals surface area contributed by atoms with Crippen LogP contribution in [0.5, 0.6) is 0 Å². The molecule has 0 fully saturated rings. The summed E-state index contributed by atoms with van der Waals surface area (Å²) in [6, 6.07) is 3.04. The normalized spacial score (nSPS) is 10.6. The van der Waals surface area contributed by atoms with Gasteiger partial charge in [0.25, 0.3) is 5.69 Å². The molecule has 25 heavy (non-hydrogen) atoms. The highest BCUT2D eigenvalue weighted by Gasteiger charge is 2.55. The topological polar surface area (TPSA) is 132 Å². The van der Waals surface area contributed by atoms with Gasteiger partial charge in [-0.15, -0.1) is 0 Å². The van der Waals surface area contributed by atoms with Gasteiger partial charge in [0.15, 0.2) is 0 Å². The SMILES string of the molecule is CCOC(=O)C(CCC#N)(C(=O)OCC)c1ncc(C)cc1[N+](=O)[O-]. The highest BCUT2D eigenvalue weighted by Crippen LogP contribution is 2.37. The van der Waals surface area contributed by atoms with Gasteiger partial charge in [0, 0.05) is 18.7 Å². The van der Waals surface area contributed by atoms with Gasteiger partial charge in [0.2, 0.25) is 5.41 Å². The van der Waals surface area contributed by atoms with Gasteiger partial charge < -0.3 is 9.47 Å². The lowest BCUT2D eigenvalue weighted by Gasteiger charge is -2.27. The van der Waals surface area contributed by atoms with Crippen molar-refractivity contribution in [2.45, 2.75) is 39.0 Å². The van der Waals surface area contributed by atoms with E-state index in [1.165, 1.54) is 26.1 Å². The number of nitriles is 1. The Labute approximate surface area is 144 Å². The molecule has 134 valence electrons. The number of aromatic nitrogens is 1. The van der Waals surface area contributed by atoms with Crippen molar-refractivity contribution in [3.63, 3.8) is 0 Å². The second kappa shape index (κ2) is 8.73. The van der Waals surface area contributed by atoms with Crippen LogP contribution in [-0.2, 0) is 24.5 Å². The summed E-state index contributed by atoms with van der Waals surface area (Å²) in [5.41, 5.74) is -2.57. The Hall–Kier alpha value is -3.02. The van der Waals surface area contributed by atoms with Crippen molar-refractivity contribution >= 4 is 17.6 Å². The minimum absolute atomic E-state index is 0.0494. The minimum Gasteiger partial charge on any atom is -0.465 e. The van der Waals surface area contributed by atoms with Gasteiger partial charge in [-0.1, -0.05) is 0 Å². The standard InChI is InChI=1S/C16H19N3O6/c1-4-24-14(20)16(7-6-8-17,15(21)25-5-2)13-12(19(22)23)9-11(3)10-18-13/h9-10H,4-7H2,1-3H3. The summed E-state index contributed by atoms with van der Waals surface area (Å²) in [5.74, 6) is -2.05. The van der Waals surface area contributed by atoms with Gasteiger partial charge in [0.1, 0.15) is 5.69 Å². The number of nitro groups is 1. The second-order valence-electron chi connectivity index (χ2n) is 5.14. The molecular formula is C16H19N3O6. The van der Waals surface area contributed by atoms with E-state index in [0.29, 0.717) is 5.56 Å². The summed E-state index contributed by atoms with van der Waals surface area (Å²) in [5, 5.41) is 20.4. The Balaban J connectivity index is 3.74. The van der Waals surface area contributed by atoms with Crippen LogP contribution in [0.15, 0.2) is 12.3 Å². The number of rotatable bonds is 8. The fraction of sp³-hybridized carbons (Fsp3) is 0.500. The van der Waals surface area contributed by atoms with Crippen LogP contribution in [0.1, 0.15) is 37.9 Å². The zero-order valence-electron chi connectivity index (χ0n) is 14.3. The number of carbonyl (C=O) groups is 2. The Morgan fingerprint density at radius 3 is 2.32 bits per heavy atom. The zero-order chi connectivity index (χ0) is 19.0. The van der Waals surface area contributed by atoms with Crippen LogP contribution < -0.4 is 0 Å². The highest BCUT2D eigenvalue weighted by atomic mass is 16.6. The van der Waals surface area contributed by atoms with Crippen molar-refractivity contribution in [3.8, 4) is 6.07 Å². The maximum absolute atomic E-state index is 12.7. The first-order valence-electron chi connectivity index (χ1n) is 7.68. The number of hydrogen-bond acceptors (Lipinski definition) is 8. The largest absolute Gasteiger partial charge is 0.465 e. The first-order valence-corrected chi connectivity index (χ1v) is 7.68. The van der Waals surface area contributed by atoms with Crippen LogP contribution in [0.2, 0.25) is 0 Å². The van der Waals surface area contributed by atoms with Gasteiger partial charge in [-0.25, -0.2) is 0 Å². The third kappa shape index (κ3) is 4.09. The van der Waals surface area contributed by atoms with Crippen LogP contribution in [-0.4, -0.2) is 35.1 Å². The summed E-state index contributed by atoms with van der Waals surface area (Å²) in [6.07, 6.45) is 0.754. The lowest BCUT2D eigenvalue weighted by molar-refractivity contribution is -0.386. The maximum atomic E-state index is 12.7. The van der Waals surface area contributed by atoms with Crippen LogP contribution >= 0.6 is 0 Å². The Morgan fingerprint density at radius 2 is 1.88 bits per heavy atom. The molecule has 0 N–H and O–H groups in total. The molecule has 0 radical (unpaired) electrons. The molecule has 1 heterocycles. The molecular weight excluding hydrogens is 330 g/mol. The third-order valence-corrected chi connectivity index (χ3v) is 3.46. The summed E-state index contributed by atoms with van der Waals surface area (Å²) in [6.45, 7) is 4.57. The number of ether oxygens (including phenoxy) is 2. The van der Waals surface area contributed by atoms with Gasteiger partial charge in [0.05, 0.1) is 24.2 Å². The average molecular weight is 349 g/mol. The van der Waals surface area contributed by atoms with Crippen LogP contribution in [0.3, 0.4) is 0 Å². The molecule has 0 aliphatic rings. The molecule has 0 aliphatic carbocycles. The van der Waals surface area contributed by atoms with Gasteiger partial charge in [-0.2, -0.15) is 5.26 Å². The predicted octanol–water partition coefficient (Wildman–Crippen LogP) is 1.97. The molecule has 0 bridgehead atoms. The van der Waals surface area contributed by atoms with E-state index in [0.717, 1.165) is 0 Å². The Kier molecular flexibility index (Phi) is 6.99. The highest BCUT2D eigenvalue weighted by molar-refractivity contribution is 6.06. The Bertz CT molecular complexity index is 692. The third-order valence-electron chi connectivity index (χ3n) is 3.46. The zero-order valence-corrected chi connectivity index (χ0v) is 14.3. The average Bonchev–Trinajstić information content (AvgIpc) is 2.56. The quantitative estimate of drug-likeness (QED) is 0.301. The monoisotopic (exact) mass is 349 g/mol. The molecule has 0 unspecified atom stereocenters. The molecule has 0 saturated carbocycles. The van der Waals surface area contributed by atoms with Gasteiger partial charge in [-0.05, 0) is 32.8 Å². The first kappa shape index (κ1) is 20.0. The number of carbonyl (C=O) groups excluding carboxylic acids is 2. The fourth-order valence-corrected chi connectivity index (χ4v) is 2.37. The number of esters is 2. The number of pyridine rings is 1. The molecule has 0 atom stereocenters. The number of nitrogens with zero attached hydrogens (tertiary/aromatic N) is 3. The van der Waals surface area contributed by atoms with Crippen LogP contribution in [0.25, 0.3) is 0 Å². The van der Waals surface area contributed by atoms with E-state index in [4.69, 9.17) is 14.7 Å². The van der Waals surface area contributed by atoms with Crippen molar-refractivity contribution in [2.24, 2.45) is 0 Å². The van der Waals surface area contributed by atoms with Crippen molar-refractivity contribution in [2.75, 3.05) is 13.2 Å². The smallest absolute Gasteiger partial charge is 0.330 e. The van der Waals surface area contributed by atoms with Crippen molar-refractivity contribution in [1.29, 1.82) is 5.26 Å². The van der Waals surface area contributed by atoms with E-state index in [2.05, 4.69) is 4.98 Å². The van der Waals surface area contributed by atoms with E-state index in [1.54, 1.807) is 6.92 Å². The van der Waals surface area contributed by atoms with Crippen LogP contribution in [0.4, 0.5) is 5.69 Å². The molecule has 0 aliphatic heterocycles. The van der Waals surface area contributed by atoms with E-state index >= 15 is 0 Å². The minimum atomic E-state index is -2.17. The molecule has 0 saturated heterocycles. The molecule has 0 amide bonds. The van der Waals surface area contributed by atoms with E-state index < -0.39 is 28.0 Å². The van der Waals surface area contributed by atoms with E-state index in [1.807, 2.05) is 6.07 Å². The number of hydrogen-bond donors (Lipinski definition) is 0. The molecule has 9 heteroatoms. The molecule has 0 aromatic carbocycles. The lowest BCUT2D eigenvalue weighted by Crippen LogP contribution is -2.47. The van der Waals surface area contributed by atoms with Crippen molar-refractivity contribution in [3.05, 3.63) is 33.6 Å².